The molecule has 2 N–H and O–H groups in total. The summed E-state index contributed by atoms with van der Waals surface area (Å²) in [5.41, 5.74) is 0. The highest BCUT2D eigenvalue weighted by Crippen LogP contribution is 2.25. The first-order chi connectivity index (χ1) is 7.81. The van der Waals surface area contributed by atoms with E-state index in [4.69, 9.17) is 4.74 Å². The predicted molar refractivity (Wildman–Crippen MR) is 63.3 cm³/mol. The monoisotopic (exact) mass is 223 g/mol. The van der Waals surface area contributed by atoms with Crippen LogP contribution in [0.1, 0.15) is 26.1 Å². The van der Waals surface area contributed by atoms with E-state index < -0.39 is 0 Å². The summed E-state index contributed by atoms with van der Waals surface area (Å²) in [6.45, 7) is 6.21. The molecule has 1 aliphatic heterocycles. The van der Waals surface area contributed by atoms with Gasteiger partial charge in [-0.1, -0.05) is 6.92 Å². The van der Waals surface area contributed by atoms with Gasteiger partial charge < -0.3 is 15.0 Å². The Bertz CT molecular complexity index is 299. The quantitative estimate of drug-likeness (QED) is 0.792. The fourth-order valence-corrected chi connectivity index (χ4v) is 2.53. The van der Waals surface area contributed by atoms with Crippen LogP contribution in [0, 0.1) is 5.92 Å². The first kappa shape index (κ1) is 11.6. The number of likely N-dealkylation sites (N-methyl/N-ethyl adjacent to an activating group) is 1. The average Bonchev–Trinajstić information content (AvgIpc) is 2.88. The molecular weight excluding hydrogens is 202 g/mol. The zero-order valence-corrected chi connectivity index (χ0v) is 10.1. The van der Waals surface area contributed by atoms with Gasteiger partial charge in [0, 0.05) is 37.4 Å². The molecule has 0 saturated carbocycles. The van der Waals surface area contributed by atoms with Crippen molar-refractivity contribution in [3.8, 4) is 0 Å². The fraction of sp³-hybridized carbons (Fsp3) is 0.750. The van der Waals surface area contributed by atoms with E-state index in [1.54, 1.807) is 0 Å². The Morgan fingerprint density at radius 1 is 1.69 bits per heavy atom. The third-order valence-electron chi connectivity index (χ3n) is 3.39. The molecule has 0 bridgehead atoms. The van der Waals surface area contributed by atoms with Crippen LogP contribution in [0.25, 0.3) is 0 Å². The highest BCUT2D eigenvalue weighted by molar-refractivity contribution is 4.95. The van der Waals surface area contributed by atoms with Gasteiger partial charge in [-0.2, -0.15) is 0 Å². The van der Waals surface area contributed by atoms with Crippen molar-refractivity contribution in [2.24, 2.45) is 5.92 Å². The van der Waals surface area contributed by atoms with Gasteiger partial charge in [0.15, 0.2) is 0 Å². The summed E-state index contributed by atoms with van der Waals surface area (Å²) in [7, 11) is 0. The molecule has 0 radical (unpaired) electrons. The van der Waals surface area contributed by atoms with Crippen molar-refractivity contribution in [1.82, 2.24) is 15.3 Å². The van der Waals surface area contributed by atoms with Gasteiger partial charge >= 0.3 is 0 Å². The summed E-state index contributed by atoms with van der Waals surface area (Å²) in [4.78, 5) is 7.47. The first-order valence-corrected chi connectivity index (χ1v) is 6.14. The predicted octanol–water partition coefficient (Wildman–Crippen LogP) is 1.36. The molecule has 0 spiro atoms. The van der Waals surface area contributed by atoms with Crippen LogP contribution in [0.5, 0.6) is 0 Å². The molecule has 0 aliphatic carbocycles. The number of H-pyrrole nitrogens is 1. The third-order valence-corrected chi connectivity index (χ3v) is 3.39. The first-order valence-electron chi connectivity index (χ1n) is 6.14. The van der Waals surface area contributed by atoms with Gasteiger partial charge in [-0.05, 0) is 19.9 Å². The topological polar surface area (TPSA) is 49.9 Å². The molecule has 0 aromatic carbocycles. The lowest BCUT2D eigenvalue weighted by atomic mass is 9.91. The van der Waals surface area contributed by atoms with Gasteiger partial charge in [0.2, 0.25) is 0 Å². The van der Waals surface area contributed by atoms with Crippen molar-refractivity contribution < 1.29 is 4.74 Å². The maximum Gasteiger partial charge on any atom is 0.107 e. The number of hydrogen-bond donors (Lipinski definition) is 2. The maximum atomic E-state index is 5.64. The fourth-order valence-electron chi connectivity index (χ4n) is 2.53. The number of nitrogens with zero attached hydrogens (tertiary/aromatic N) is 1. The number of hydrogen-bond acceptors (Lipinski definition) is 3. The summed E-state index contributed by atoms with van der Waals surface area (Å²) in [5, 5.41) is 3.55. The summed E-state index contributed by atoms with van der Waals surface area (Å²) < 4.78 is 5.64. The van der Waals surface area contributed by atoms with Crippen molar-refractivity contribution in [3.05, 3.63) is 18.2 Å². The second-order valence-corrected chi connectivity index (χ2v) is 4.43. The van der Waals surface area contributed by atoms with Crippen LogP contribution < -0.4 is 5.32 Å². The molecule has 4 nitrogen and oxygen atoms in total. The van der Waals surface area contributed by atoms with Crippen molar-refractivity contribution >= 4 is 0 Å². The Balaban J connectivity index is 1.99. The number of rotatable bonds is 5. The second-order valence-electron chi connectivity index (χ2n) is 4.43. The molecular formula is C12H21N3O. The number of imidazole rings is 1. The number of nitrogens with one attached hydrogen (secondary N) is 2. The molecule has 16 heavy (non-hydrogen) atoms. The van der Waals surface area contributed by atoms with E-state index in [0.717, 1.165) is 31.8 Å². The van der Waals surface area contributed by atoms with Crippen LogP contribution in [0.15, 0.2) is 12.4 Å². The van der Waals surface area contributed by atoms with Crippen LogP contribution >= 0.6 is 0 Å². The molecule has 3 atom stereocenters. The van der Waals surface area contributed by atoms with Gasteiger partial charge in [0.25, 0.3) is 0 Å². The van der Waals surface area contributed by atoms with Crippen molar-refractivity contribution in [2.75, 3.05) is 13.2 Å². The zero-order valence-electron chi connectivity index (χ0n) is 10.1. The van der Waals surface area contributed by atoms with Gasteiger partial charge in [-0.3, -0.25) is 0 Å². The van der Waals surface area contributed by atoms with Crippen LogP contribution in [-0.2, 0) is 11.2 Å². The Morgan fingerprint density at radius 3 is 3.12 bits per heavy atom. The van der Waals surface area contributed by atoms with Gasteiger partial charge in [0.1, 0.15) is 5.82 Å². The molecule has 1 saturated heterocycles. The van der Waals surface area contributed by atoms with E-state index in [2.05, 4.69) is 29.1 Å². The van der Waals surface area contributed by atoms with Gasteiger partial charge in [0.05, 0.1) is 6.10 Å². The van der Waals surface area contributed by atoms with Crippen molar-refractivity contribution in [2.45, 2.75) is 38.8 Å². The van der Waals surface area contributed by atoms with E-state index in [9.17, 15) is 0 Å². The maximum absolute atomic E-state index is 5.64. The lowest BCUT2D eigenvalue weighted by Gasteiger charge is -2.25. The molecule has 3 unspecified atom stereocenters. The minimum absolute atomic E-state index is 0.360. The zero-order chi connectivity index (χ0) is 11.4. The lowest BCUT2D eigenvalue weighted by molar-refractivity contribution is 0.0954. The number of aromatic nitrogens is 2. The highest BCUT2D eigenvalue weighted by atomic mass is 16.5. The normalized spacial score (nSPS) is 27.1. The van der Waals surface area contributed by atoms with Crippen LogP contribution in [-0.4, -0.2) is 35.3 Å². The molecule has 1 aromatic heterocycles. The van der Waals surface area contributed by atoms with Crippen molar-refractivity contribution in [3.63, 3.8) is 0 Å². The van der Waals surface area contributed by atoms with Gasteiger partial charge in [-0.25, -0.2) is 4.98 Å². The number of aromatic amines is 1. The lowest BCUT2D eigenvalue weighted by Crippen LogP contribution is -2.41. The van der Waals surface area contributed by atoms with Gasteiger partial charge in [-0.15, -0.1) is 0 Å². The SMILES string of the molecule is CCNC(Cc1ncc[nH]1)C1CCOC1C. The summed E-state index contributed by atoms with van der Waals surface area (Å²) in [6, 6.07) is 0.466. The minimum atomic E-state index is 0.360. The Labute approximate surface area is 96.8 Å². The molecule has 0 amide bonds. The molecule has 4 heteroatoms. The summed E-state index contributed by atoms with van der Waals surface area (Å²) in [5.74, 6) is 1.66. The van der Waals surface area contributed by atoms with E-state index in [1.807, 2.05) is 12.4 Å². The standard InChI is InChI=1S/C12H21N3O/c1-3-13-11(8-12-14-5-6-15-12)10-4-7-16-9(10)2/h5-6,9-11,13H,3-4,7-8H2,1-2H3,(H,14,15). The smallest absolute Gasteiger partial charge is 0.107 e. The van der Waals surface area contributed by atoms with Crippen LogP contribution in [0.2, 0.25) is 0 Å². The van der Waals surface area contributed by atoms with Crippen molar-refractivity contribution in [1.29, 1.82) is 0 Å². The highest BCUT2D eigenvalue weighted by Gasteiger charge is 2.31. The van der Waals surface area contributed by atoms with E-state index in [-0.39, 0.29) is 0 Å². The minimum Gasteiger partial charge on any atom is -0.378 e. The largest absolute Gasteiger partial charge is 0.378 e. The van der Waals surface area contributed by atoms with Crippen LogP contribution in [0.3, 0.4) is 0 Å². The summed E-state index contributed by atoms with van der Waals surface area (Å²) in [6.07, 6.45) is 6.16. The van der Waals surface area contributed by atoms with E-state index >= 15 is 0 Å². The number of ether oxygens (including phenoxy) is 1. The van der Waals surface area contributed by atoms with E-state index in [0.29, 0.717) is 18.1 Å². The molecule has 2 rings (SSSR count). The molecule has 1 aliphatic rings. The second kappa shape index (κ2) is 5.46. The molecule has 1 fully saturated rings. The third kappa shape index (κ3) is 2.62. The molecule has 90 valence electrons. The molecule has 1 aromatic rings. The van der Waals surface area contributed by atoms with E-state index in [1.165, 1.54) is 0 Å². The van der Waals surface area contributed by atoms with Crippen LogP contribution in [0.4, 0.5) is 0 Å². The average molecular weight is 223 g/mol. The Hall–Kier alpha value is -0.870. The Kier molecular flexibility index (Phi) is 3.96. The molecule has 2 heterocycles. The summed E-state index contributed by atoms with van der Waals surface area (Å²) >= 11 is 0. The Morgan fingerprint density at radius 2 is 2.56 bits per heavy atom.